The maximum Gasteiger partial charge on any atom is 0.251 e. The Labute approximate surface area is 141 Å². The second-order valence-electron chi connectivity index (χ2n) is 6.68. The van der Waals surface area contributed by atoms with Crippen LogP contribution in [0.3, 0.4) is 0 Å². The number of carbonyl (C=O) groups is 2. The second-order valence-corrected chi connectivity index (χ2v) is 7.55. The fraction of sp³-hybridized carbons (Fsp3) is 0.500. The van der Waals surface area contributed by atoms with Gasteiger partial charge in [0.05, 0.1) is 0 Å². The Morgan fingerprint density at radius 3 is 2.05 bits per heavy atom. The lowest BCUT2D eigenvalue weighted by atomic mass is 9.90. The Morgan fingerprint density at radius 2 is 1.64 bits per heavy atom. The molecule has 1 saturated heterocycles. The molecule has 2 atom stereocenters. The van der Waals surface area contributed by atoms with Crippen LogP contribution in [0, 0.1) is 5.41 Å². The van der Waals surface area contributed by atoms with E-state index in [0.717, 1.165) is 0 Å². The first-order chi connectivity index (χ1) is 10.0. The van der Waals surface area contributed by atoms with Crippen LogP contribution in [0.5, 0.6) is 0 Å². The SMILES string of the molecule is CC(=O)N1C(C)C(=O)N(c2cc(Cl)cc(Cl)c2)C1C(C)(C)C. The van der Waals surface area contributed by atoms with Gasteiger partial charge < -0.3 is 4.90 Å². The molecule has 4 nitrogen and oxygen atoms in total. The van der Waals surface area contributed by atoms with E-state index < -0.39 is 6.04 Å². The number of hydrogen-bond donors (Lipinski definition) is 0. The molecule has 1 aliphatic heterocycles. The van der Waals surface area contributed by atoms with E-state index in [4.69, 9.17) is 23.2 Å². The van der Waals surface area contributed by atoms with Crippen LogP contribution in [0.1, 0.15) is 34.6 Å². The van der Waals surface area contributed by atoms with Gasteiger partial charge in [0.2, 0.25) is 5.91 Å². The number of anilines is 1. The summed E-state index contributed by atoms with van der Waals surface area (Å²) < 4.78 is 0. The molecule has 120 valence electrons. The third kappa shape index (κ3) is 2.95. The summed E-state index contributed by atoms with van der Waals surface area (Å²) in [6.07, 6.45) is -0.387. The van der Waals surface area contributed by atoms with E-state index in [2.05, 4.69) is 0 Å². The van der Waals surface area contributed by atoms with E-state index in [1.807, 2.05) is 20.8 Å². The van der Waals surface area contributed by atoms with Crippen molar-refractivity contribution in [3.05, 3.63) is 28.2 Å². The average molecular weight is 343 g/mol. The molecule has 0 bridgehead atoms. The van der Waals surface area contributed by atoms with Gasteiger partial charge in [-0.25, -0.2) is 0 Å². The van der Waals surface area contributed by atoms with Crippen LogP contribution in [0.25, 0.3) is 0 Å². The lowest BCUT2D eigenvalue weighted by molar-refractivity contribution is -0.135. The van der Waals surface area contributed by atoms with Crippen LogP contribution in [0.4, 0.5) is 5.69 Å². The van der Waals surface area contributed by atoms with Crippen molar-refractivity contribution in [3.8, 4) is 0 Å². The smallest absolute Gasteiger partial charge is 0.251 e. The molecule has 0 aromatic heterocycles. The molecule has 1 fully saturated rings. The summed E-state index contributed by atoms with van der Waals surface area (Å²) in [6, 6.07) is 4.49. The van der Waals surface area contributed by atoms with Gasteiger partial charge in [0, 0.05) is 28.1 Å². The predicted octanol–water partition coefficient (Wildman–Crippen LogP) is 3.95. The first-order valence-electron chi connectivity index (χ1n) is 7.12. The summed E-state index contributed by atoms with van der Waals surface area (Å²) >= 11 is 12.1. The summed E-state index contributed by atoms with van der Waals surface area (Å²) in [5.74, 6) is -0.259. The molecule has 2 rings (SSSR count). The second kappa shape index (κ2) is 5.74. The van der Waals surface area contributed by atoms with Gasteiger partial charge in [-0.15, -0.1) is 0 Å². The quantitative estimate of drug-likeness (QED) is 0.775. The number of halogens is 2. The Kier molecular flexibility index (Phi) is 4.46. The van der Waals surface area contributed by atoms with Crippen LogP contribution >= 0.6 is 23.2 Å². The van der Waals surface area contributed by atoms with E-state index in [1.165, 1.54) is 6.92 Å². The lowest BCUT2D eigenvalue weighted by Gasteiger charge is -2.39. The fourth-order valence-corrected chi connectivity index (χ4v) is 3.49. The number of carbonyl (C=O) groups excluding carboxylic acids is 2. The summed E-state index contributed by atoms with van der Waals surface area (Å²) in [7, 11) is 0. The minimum absolute atomic E-state index is 0.128. The number of hydrogen-bond acceptors (Lipinski definition) is 2. The van der Waals surface area contributed by atoms with Gasteiger partial charge in [-0.1, -0.05) is 44.0 Å². The molecule has 0 spiro atoms. The Morgan fingerprint density at radius 1 is 1.14 bits per heavy atom. The molecule has 1 aromatic carbocycles. The van der Waals surface area contributed by atoms with Crippen molar-refractivity contribution in [2.24, 2.45) is 5.41 Å². The lowest BCUT2D eigenvalue weighted by Crippen LogP contribution is -2.51. The highest BCUT2D eigenvalue weighted by atomic mass is 35.5. The number of nitrogens with zero attached hydrogens (tertiary/aromatic N) is 2. The van der Waals surface area contributed by atoms with Crippen molar-refractivity contribution in [1.29, 1.82) is 0 Å². The average Bonchev–Trinajstić information content (AvgIpc) is 2.61. The molecule has 1 aliphatic rings. The zero-order valence-corrected chi connectivity index (χ0v) is 14.9. The van der Waals surface area contributed by atoms with Crippen molar-refractivity contribution in [2.45, 2.75) is 46.8 Å². The van der Waals surface area contributed by atoms with Crippen molar-refractivity contribution in [2.75, 3.05) is 4.90 Å². The van der Waals surface area contributed by atoms with Gasteiger partial charge in [-0.2, -0.15) is 0 Å². The van der Waals surface area contributed by atoms with Gasteiger partial charge in [-0.3, -0.25) is 14.5 Å². The molecule has 0 saturated carbocycles. The van der Waals surface area contributed by atoms with E-state index in [9.17, 15) is 9.59 Å². The Balaban J connectivity index is 2.60. The largest absolute Gasteiger partial charge is 0.310 e. The molecule has 0 N–H and O–H groups in total. The first-order valence-corrected chi connectivity index (χ1v) is 7.87. The fourth-order valence-electron chi connectivity index (χ4n) is 2.97. The zero-order chi connectivity index (χ0) is 16.8. The third-order valence-corrected chi connectivity index (χ3v) is 4.22. The number of benzene rings is 1. The topological polar surface area (TPSA) is 40.6 Å². The monoisotopic (exact) mass is 342 g/mol. The summed E-state index contributed by atoms with van der Waals surface area (Å²) in [4.78, 5) is 28.1. The van der Waals surface area contributed by atoms with E-state index >= 15 is 0 Å². The maximum absolute atomic E-state index is 12.7. The molecule has 1 aromatic rings. The molecule has 22 heavy (non-hydrogen) atoms. The minimum Gasteiger partial charge on any atom is -0.310 e. The van der Waals surface area contributed by atoms with Crippen molar-refractivity contribution < 1.29 is 9.59 Å². The van der Waals surface area contributed by atoms with Gasteiger partial charge in [0.15, 0.2) is 0 Å². The van der Waals surface area contributed by atoms with E-state index in [-0.39, 0.29) is 23.4 Å². The molecular formula is C16H20Cl2N2O2. The number of amides is 2. The molecule has 2 amide bonds. The highest BCUT2D eigenvalue weighted by Crippen LogP contribution is 2.39. The van der Waals surface area contributed by atoms with Crippen LogP contribution in [-0.2, 0) is 9.59 Å². The minimum atomic E-state index is -0.514. The van der Waals surface area contributed by atoms with Crippen LogP contribution in [-0.4, -0.2) is 28.9 Å². The molecule has 6 heteroatoms. The standard InChI is InChI=1S/C16H20Cl2N2O2/c1-9-14(22)20(13-7-11(17)6-12(18)8-13)15(16(3,4)5)19(9)10(2)21/h6-9,15H,1-5H3. The van der Waals surface area contributed by atoms with E-state index in [0.29, 0.717) is 15.7 Å². The van der Waals surface area contributed by atoms with Gasteiger partial charge in [0.25, 0.3) is 5.91 Å². The molecule has 2 unspecified atom stereocenters. The Bertz CT molecular complexity index is 605. The van der Waals surface area contributed by atoms with Gasteiger partial charge >= 0.3 is 0 Å². The highest BCUT2D eigenvalue weighted by molar-refractivity contribution is 6.35. The van der Waals surface area contributed by atoms with Crippen LogP contribution in [0.2, 0.25) is 10.0 Å². The van der Waals surface area contributed by atoms with Crippen molar-refractivity contribution in [1.82, 2.24) is 4.90 Å². The maximum atomic E-state index is 12.7. The predicted molar refractivity (Wildman–Crippen MR) is 89.2 cm³/mol. The van der Waals surface area contributed by atoms with Crippen LogP contribution in [0.15, 0.2) is 18.2 Å². The van der Waals surface area contributed by atoms with Gasteiger partial charge in [-0.05, 0) is 25.1 Å². The first kappa shape index (κ1) is 17.1. The third-order valence-electron chi connectivity index (χ3n) is 3.78. The molecule has 0 aliphatic carbocycles. The highest BCUT2D eigenvalue weighted by Gasteiger charge is 2.50. The number of rotatable bonds is 1. The van der Waals surface area contributed by atoms with Gasteiger partial charge in [0.1, 0.15) is 12.2 Å². The summed E-state index contributed by atoms with van der Waals surface area (Å²) in [6.45, 7) is 9.22. The zero-order valence-electron chi connectivity index (χ0n) is 13.4. The van der Waals surface area contributed by atoms with E-state index in [1.54, 1.807) is 34.9 Å². The normalized spacial score (nSPS) is 22.4. The van der Waals surface area contributed by atoms with Crippen molar-refractivity contribution in [3.63, 3.8) is 0 Å². The molecular weight excluding hydrogens is 323 g/mol. The van der Waals surface area contributed by atoms with Crippen molar-refractivity contribution >= 4 is 40.7 Å². The van der Waals surface area contributed by atoms with Crippen LogP contribution < -0.4 is 4.90 Å². The molecule has 1 heterocycles. The Hall–Kier alpha value is -1.26. The summed E-state index contributed by atoms with van der Waals surface area (Å²) in [5.41, 5.74) is 0.291. The summed E-state index contributed by atoms with van der Waals surface area (Å²) in [5, 5.41) is 0.911. The molecule has 0 radical (unpaired) electrons.